The van der Waals surface area contributed by atoms with E-state index in [0.717, 1.165) is 12.0 Å². The summed E-state index contributed by atoms with van der Waals surface area (Å²) in [6, 6.07) is 0. The molecule has 0 saturated heterocycles. The second kappa shape index (κ2) is 5.63. The summed E-state index contributed by atoms with van der Waals surface area (Å²) in [6.45, 7) is 0.103. The highest BCUT2D eigenvalue weighted by molar-refractivity contribution is 7.94. The highest BCUT2D eigenvalue weighted by Crippen LogP contribution is 2.16. The van der Waals surface area contributed by atoms with Crippen molar-refractivity contribution >= 4 is 18.0 Å². The highest BCUT2D eigenvalue weighted by Gasteiger charge is 2.08. The van der Waals surface area contributed by atoms with Gasteiger partial charge in [-0.1, -0.05) is 0 Å². The van der Waals surface area contributed by atoms with Crippen molar-refractivity contribution in [1.29, 1.82) is 0 Å². The highest BCUT2D eigenvalue weighted by atomic mass is 32.2. The van der Waals surface area contributed by atoms with Gasteiger partial charge in [0, 0.05) is 12.4 Å². The van der Waals surface area contributed by atoms with E-state index in [1.54, 1.807) is 17.0 Å². The van der Waals surface area contributed by atoms with Gasteiger partial charge in [-0.2, -0.15) is 4.33 Å². The number of nitrogens with zero attached hydrogens (tertiary/aromatic N) is 2. The van der Waals surface area contributed by atoms with Gasteiger partial charge in [0.05, 0.1) is 14.2 Å². The fourth-order valence-electron chi connectivity index (χ4n) is 0.773. The summed E-state index contributed by atoms with van der Waals surface area (Å²) in [7, 11) is 2.72. The maximum absolute atomic E-state index is 11.0. The first kappa shape index (κ1) is 11.0. The zero-order valence-corrected chi connectivity index (χ0v) is 8.61. The van der Waals surface area contributed by atoms with Crippen LogP contribution in [0.5, 0.6) is 0 Å². The third-order valence-corrected chi connectivity index (χ3v) is 2.07. The van der Waals surface area contributed by atoms with Gasteiger partial charge in [-0.25, -0.2) is 9.87 Å². The minimum Gasteiger partial charge on any atom is -0.468 e. The van der Waals surface area contributed by atoms with Crippen LogP contribution in [-0.4, -0.2) is 29.7 Å². The predicted octanol–water partition coefficient (Wildman–Crippen LogP) is 0.641. The molecule has 0 aliphatic carbocycles. The molecule has 0 fully saturated rings. The van der Waals surface area contributed by atoms with Gasteiger partial charge >= 0.3 is 5.97 Å². The number of aromatic nitrogens is 2. The summed E-state index contributed by atoms with van der Waals surface area (Å²) in [4.78, 5) is 19.3. The molecule has 0 amide bonds. The van der Waals surface area contributed by atoms with E-state index in [-0.39, 0.29) is 12.5 Å². The molecule has 0 bridgehead atoms. The molecule has 0 aromatic carbocycles. The van der Waals surface area contributed by atoms with E-state index in [0.29, 0.717) is 5.16 Å². The van der Waals surface area contributed by atoms with Crippen LogP contribution >= 0.6 is 12.0 Å². The van der Waals surface area contributed by atoms with Crippen LogP contribution in [0.2, 0.25) is 0 Å². The second-order valence-corrected chi connectivity index (χ2v) is 2.90. The number of imidazole rings is 1. The minimum absolute atomic E-state index is 0.103. The molecule has 0 radical (unpaired) electrons. The molecular weight excluding hydrogens is 208 g/mol. The summed E-state index contributed by atoms with van der Waals surface area (Å²) in [5.74, 6) is -0.345. The van der Waals surface area contributed by atoms with Crippen molar-refractivity contribution in [1.82, 2.24) is 9.55 Å². The lowest BCUT2D eigenvalue weighted by Crippen LogP contribution is -2.11. The molecule has 1 heterocycles. The Balaban J connectivity index is 2.57. The molecule has 1 aromatic heterocycles. The molecule has 7 heteroatoms. The molecule has 78 valence electrons. The van der Waals surface area contributed by atoms with Crippen LogP contribution in [0.1, 0.15) is 0 Å². The van der Waals surface area contributed by atoms with Crippen molar-refractivity contribution in [3.05, 3.63) is 12.4 Å². The molecule has 0 aliphatic heterocycles. The number of carbonyl (C=O) groups excluding carboxylic acids is 1. The molecule has 6 nitrogen and oxygen atoms in total. The van der Waals surface area contributed by atoms with Gasteiger partial charge in [0.25, 0.3) is 0 Å². The van der Waals surface area contributed by atoms with Crippen LogP contribution in [0.25, 0.3) is 0 Å². The maximum atomic E-state index is 11.0. The Kier molecular flexibility index (Phi) is 4.44. The average molecular weight is 218 g/mol. The number of rotatable bonds is 5. The van der Waals surface area contributed by atoms with E-state index in [4.69, 9.17) is 0 Å². The zero-order chi connectivity index (χ0) is 10.4. The summed E-state index contributed by atoms with van der Waals surface area (Å²) >= 11 is 0.928. The number of methoxy groups -OCH3 is 1. The van der Waals surface area contributed by atoms with Crippen molar-refractivity contribution in [2.75, 3.05) is 14.2 Å². The number of esters is 1. The van der Waals surface area contributed by atoms with Gasteiger partial charge in [-0.05, 0) is 0 Å². The largest absolute Gasteiger partial charge is 0.468 e. The van der Waals surface area contributed by atoms with Gasteiger partial charge in [0.2, 0.25) is 0 Å². The molecule has 14 heavy (non-hydrogen) atoms. The Bertz CT molecular complexity index is 302. The average Bonchev–Trinajstić information content (AvgIpc) is 2.62. The Morgan fingerprint density at radius 2 is 2.43 bits per heavy atom. The van der Waals surface area contributed by atoms with Crippen LogP contribution in [0.15, 0.2) is 17.6 Å². The molecule has 0 saturated carbocycles. The Hall–Kier alpha value is -1.05. The van der Waals surface area contributed by atoms with Gasteiger partial charge < -0.3 is 9.30 Å². The van der Waals surface area contributed by atoms with E-state index < -0.39 is 0 Å². The summed E-state index contributed by atoms with van der Waals surface area (Å²) in [6.07, 6.45) is 3.21. The molecule has 0 unspecified atom stereocenters. The first-order chi connectivity index (χ1) is 6.77. The Labute approximate surface area is 85.3 Å². The first-order valence-corrected chi connectivity index (χ1v) is 4.47. The summed E-state index contributed by atoms with van der Waals surface area (Å²) in [5.41, 5.74) is 0. The topological polar surface area (TPSA) is 62.6 Å². The third kappa shape index (κ3) is 3.02. The lowest BCUT2D eigenvalue weighted by atomic mass is 10.6. The fraction of sp³-hybridized carbons (Fsp3) is 0.429. The summed E-state index contributed by atoms with van der Waals surface area (Å²) in [5, 5.41) is 0.525. The monoisotopic (exact) mass is 218 g/mol. The minimum atomic E-state index is -0.345. The lowest BCUT2D eigenvalue weighted by molar-refractivity contribution is -0.160. The van der Waals surface area contributed by atoms with Crippen LogP contribution in [-0.2, 0) is 25.3 Å². The quantitative estimate of drug-likeness (QED) is 0.313. The van der Waals surface area contributed by atoms with E-state index >= 15 is 0 Å². The zero-order valence-electron chi connectivity index (χ0n) is 7.80. The van der Waals surface area contributed by atoms with Crippen LogP contribution < -0.4 is 0 Å². The number of hydrogen-bond acceptors (Lipinski definition) is 6. The predicted molar refractivity (Wildman–Crippen MR) is 48.2 cm³/mol. The molecule has 0 spiro atoms. The smallest absolute Gasteiger partial charge is 0.325 e. The van der Waals surface area contributed by atoms with Gasteiger partial charge in [-0.3, -0.25) is 4.79 Å². The molecule has 0 aliphatic rings. The number of carbonyl (C=O) groups is 1. The van der Waals surface area contributed by atoms with E-state index in [9.17, 15) is 4.79 Å². The SMILES string of the molecule is COOSc1nccn1CC(=O)OC. The molecule has 1 rings (SSSR count). The maximum Gasteiger partial charge on any atom is 0.325 e. The van der Waals surface area contributed by atoms with Crippen LogP contribution in [0.3, 0.4) is 0 Å². The molecule has 0 N–H and O–H groups in total. The summed E-state index contributed by atoms with van der Waals surface area (Å²) < 4.78 is 10.7. The molecule has 0 atom stereocenters. The fourth-order valence-corrected chi connectivity index (χ4v) is 1.23. The van der Waals surface area contributed by atoms with E-state index in [1.807, 2.05) is 0 Å². The van der Waals surface area contributed by atoms with Gasteiger partial charge in [0.1, 0.15) is 18.6 Å². The third-order valence-electron chi connectivity index (χ3n) is 1.38. The van der Waals surface area contributed by atoms with E-state index in [1.165, 1.54) is 14.2 Å². The number of hydrogen-bond donors (Lipinski definition) is 0. The Morgan fingerprint density at radius 3 is 3.07 bits per heavy atom. The number of ether oxygens (including phenoxy) is 1. The Morgan fingerprint density at radius 1 is 1.64 bits per heavy atom. The first-order valence-electron chi connectivity index (χ1n) is 3.73. The molecule has 1 aromatic rings. The van der Waals surface area contributed by atoms with Crippen molar-refractivity contribution in [3.8, 4) is 0 Å². The van der Waals surface area contributed by atoms with Gasteiger partial charge in [-0.15, -0.1) is 0 Å². The van der Waals surface area contributed by atoms with Gasteiger partial charge in [0.15, 0.2) is 5.16 Å². The molecular formula is C7H10N2O4S. The normalized spacial score (nSPS) is 10.1. The van der Waals surface area contributed by atoms with Crippen molar-refractivity contribution < 1.29 is 18.8 Å². The van der Waals surface area contributed by atoms with Crippen molar-refractivity contribution in [3.63, 3.8) is 0 Å². The standard InChI is InChI=1S/C7H10N2O4S/c1-11-6(10)5-9-4-3-8-7(9)14-13-12-2/h3-4H,5H2,1-2H3. The van der Waals surface area contributed by atoms with Crippen molar-refractivity contribution in [2.24, 2.45) is 0 Å². The van der Waals surface area contributed by atoms with Crippen molar-refractivity contribution in [2.45, 2.75) is 11.7 Å². The lowest BCUT2D eigenvalue weighted by Gasteiger charge is -2.03. The van der Waals surface area contributed by atoms with E-state index in [2.05, 4.69) is 18.9 Å². The second-order valence-electron chi connectivity index (χ2n) is 2.23. The van der Waals surface area contributed by atoms with Crippen LogP contribution in [0, 0.1) is 0 Å². The van der Waals surface area contributed by atoms with Crippen LogP contribution in [0.4, 0.5) is 0 Å².